The number of hydrogen-bond acceptors (Lipinski definition) is 2. The van der Waals surface area contributed by atoms with Gasteiger partial charge in [-0.15, -0.1) is 0 Å². The first kappa shape index (κ1) is 17.6. The molecule has 28 heavy (non-hydrogen) atoms. The number of hydrogen-bond donors (Lipinski definition) is 2. The molecule has 4 rings (SSSR count). The molecule has 0 aliphatic rings. The third-order valence-electron chi connectivity index (χ3n) is 4.77. The van der Waals surface area contributed by atoms with Crippen molar-refractivity contribution in [2.75, 3.05) is 11.5 Å². The Bertz CT molecular complexity index is 990. The molecule has 0 amide bonds. The van der Waals surface area contributed by atoms with Gasteiger partial charge < -0.3 is 11.5 Å². The van der Waals surface area contributed by atoms with E-state index in [-0.39, 0.29) is 0 Å². The lowest BCUT2D eigenvalue weighted by Crippen LogP contribution is -1.98. The first-order valence-corrected chi connectivity index (χ1v) is 9.29. The SMILES string of the molecule is Nc1ccc(C(=C(c2ccccc2)c2ccccc2)c2ccc(N)cc2)cc1. The van der Waals surface area contributed by atoms with Crippen LogP contribution in [0.15, 0.2) is 109 Å². The Morgan fingerprint density at radius 1 is 0.357 bits per heavy atom. The van der Waals surface area contributed by atoms with E-state index in [9.17, 15) is 0 Å². The van der Waals surface area contributed by atoms with Gasteiger partial charge in [0, 0.05) is 11.4 Å². The molecule has 0 spiro atoms. The second-order valence-corrected chi connectivity index (χ2v) is 6.73. The van der Waals surface area contributed by atoms with E-state index in [4.69, 9.17) is 11.5 Å². The average molecular weight is 362 g/mol. The Morgan fingerprint density at radius 3 is 0.964 bits per heavy atom. The van der Waals surface area contributed by atoms with Crippen LogP contribution in [0.2, 0.25) is 0 Å². The van der Waals surface area contributed by atoms with Crippen molar-refractivity contribution in [2.24, 2.45) is 0 Å². The molecule has 0 aliphatic heterocycles. The Kier molecular flexibility index (Phi) is 4.94. The first-order chi connectivity index (χ1) is 13.7. The highest BCUT2D eigenvalue weighted by molar-refractivity contribution is 6.04. The summed E-state index contributed by atoms with van der Waals surface area (Å²) in [7, 11) is 0. The van der Waals surface area contributed by atoms with Crippen molar-refractivity contribution in [1.82, 2.24) is 0 Å². The lowest BCUT2D eigenvalue weighted by molar-refractivity contribution is 1.50. The van der Waals surface area contributed by atoms with Crippen LogP contribution >= 0.6 is 0 Å². The van der Waals surface area contributed by atoms with Gasteiger partial charge in [-0.2, -0.15) is 0 Å². The van der Waals surface area contributed by atoms with Crippen LogP contribution in [-0.2, 0) is 0 Å². The summed E-state index contributed by atoms with van der Waals surface area (Å²) in [5.41, 5.74) is 20.3. The standard InChI is InChI=1S/C26H22N2/c27-23-15-11-21(12-16-23)26(22-13-17-24(28)18-14-22)25(19-7-3-1-4-8-19)20-9-5-2-6-10-20/h1-18H,27-28H2. The van der Waals surface area contributed by atoms with E-state index < -0.39 is 0 Å². The predicted octanol–water partition coefficient (Wildman–Crippen LogP) is 5.86. The van der Waals surface area contributed by atoms with Crippen LogP contribution in [0.5, 0.6) is 0 Å². The predicted molar refractivity (Wildman–Crippen MR) is 120 cm³/mol. The molecule has 0 fully saturated rings. The van der Waals surface area contributed by atoms with Crippen LogP contribution in [-0.4, -0.2) is 0 Å². The van der Waals surface area contributed by atoms with Crippen molar-refractivity contribution < 1.29 is 0 Å². The molecule has 0 saturated carbocycles. The van der Waals surface area contributed by atoms with E-state index in [0.29, 0.717) is 0 Å². The number of anilines is 2. The number of nitrogen functional groups attached to an aromatic ring is 2. The summed E-state index contributed by atoms with van der Waals surface area (Å²) in [5, 5.41) is 0. The summed E-state index contributed by atoms with van der Waals surface area (Å²) in [6.45, 7) is 0. The fourth-order valence-corrected chi connectivity index (χ4v) is 3.42. The molecule has 2 nitrogen and oxygen atoms in total. The van der Waals surface area contributed by atoms with Crippen molar-refractivity contribution >= 4 is 22.5 Å². The van der Waals surface area contributed by atoms with Crippen LogP contribution in [0.1, 0.15) is 22.3 Å². The minimum atomic E-state index is 0.751. The maximum atomic E-state index is 5.95. The minimum absolute atomic E-state index is 0.751. The summed E-state index contributed by atoms with van der Waals surface area (Å²) in [6.07, 6.45) is 0. The van der Waals surface area contributed by atoms with Gasteiger partial charge in [0.2, 0.25) is 0 Å². The zero-order valence-electron chi connectivity index (χ0n) is 15.5. The molecule has 0 heterocycles. The van der Waals surface area contributed by atoms with Crippen molar-refractivity contribution in [1.29, 1.82) is 0 Å². The summed E-state index contributed by atoms with van der Waals surface area (Å²) < 4.78 is 0. The van der Waals surface area contributed by atoms with Crippen LogP contribution in [0.25, 0.3) is 11.1 Å². The van der Waals surface area contributed by atoms with E-state index in [0.717, 1.165) is 39.2 Å². The smallest absolute Gasteiger partial charge is 0.0314 e. The Balaban J connectivity index is 2.08. The molecule has 4 N–H and O–H groups in total. The Hall–Kier alpha value is -3.78. The molecule has 0 atom stereocenters. The molecule has 136 valence electrons. The highest BCUT2D eigenvalue weighted by Gasteiger charge is 2.15. The molecular formula is C26H22N2. The van der Waals surface area contributed by atoms with Crippen molar-refractivity contribution in [3.63, 3.8) is 0 Å². The van der Waals surface area contributed by atoms with Crippen LogP contribution in [0.3, 0.4) is 0 Å². The Morgan fingerprint density at radius 2 is 0.643 bits per heavy atom. The first-order valence-electron chi connectivity index (χ1n) is 9.29. The van der Waals surface area contributed by atoms with Crippen LogP contribution < -0.4 is 11.5 Å². The quantitative estimate of drug-likeness (QED) is 0.353. The van der Waals surface area contributed by atoms with Crippen LogP contribution in [0.4, 0.5) is 11.4 Å². The van der Waals surface area contributed by atoms with E-state index >= 15 is 0 Å². The van der Waals surface area contributed by atoms with E-state index in [1.807, 2.05) is 36.4 Å². The van der Waals surface area contributed by atoms with Crippen molar-refractivity contribution in [3.05, 3.63) is 131 Å². The lowest BCUT2D eigenvalue weighted by atomic mass is 9.85. The molecule has 0 unspecified atom stereocenters. The maximum absolute atomic E-state index is 5.95. The molecule has 2 heteroatoms. The normalized spacial score (nSPS) is 10.4. The number of nitrogens with two attached hydrogens (primary N) is 2. The minimum Gasteiger partial charge on any atom is -0.399 e. The third-order valence-corrected chi connectivity index (χ3v) is 4.77. The molecule has 0 aromatic heterocycles. The summed E-state index contributed by atoms with van der Waals surface area (Å²) in [5.74, 6) is 0. The van der Waals surface area contributed by atoms with Gasteiger partial charge in [0.1, 0.15) is 0 Å². The lowest BCUT2D eigenvalue weighted by Gasteiger charge is -2.18. The number of benzene rings is 4. The van der Waals surface area contributed by atoms with Gasteiger partial charge in [0.15, 0.2) is 0 Å². The van der Waals surface area contributed by atoms with Crippen LogP contribution in [0, 0.1) is 0 Å². The molecule has 0 saturated heterocycles. The summed E-state index contributed by atoms with van der Waals surface area (Å²) >= 11 is 0. The summed E-state index contributed by atoms with van der Waals surface area (Å²) in [4.78, 5) is 0. The van der Waals surface area contributed by atoms with Crippen molar-refractivity contribution in [3.8, 4) is 0 Å². The highest BCUT2D eigenvalue weighted by atomic mass is 14.5. The number of rotatable bonds is 4. The van der Waals surface area contributed by atoms with E-state index in [1.54, 1.807) is 0 Å². The van der Waals surface area contributed by atoms with Gasteiger partial charge >= 0.3 is 0 Å². The molecule has 0 radical (unpaired) electrons. The largest absolute Gasteiger partial charge is 0.399 e. The van der Waals surface area contributed by atoms with Gasteiger partial charge in [-0.25, -0.2) is 0 Å². The van der Waals surface area contributed by atoms with Gasteiger partial charge in [0.25, 0.3) is 0 Å². The van der Waals surface area contributed by atoms with Gasteiger partial charge in [0.05, 0.1) is 0 Å². The maximum Gasteiger partial charge on any atom is 0.0314 e. The highest BCUT2D eigenvalue weighted by Crippen LogP contribution is 2.37. The van der Waals surface area contributed by atoms with Crippen molar-refractivity contribution in [2.45, 2.75) is 0 Å². The molecule has 4 aromatic carbocycles. The zero-order valence-corrected chi connectivity index (χ0v) is 15.5. The van der Waals surface area contributed by atoms with E-state index in [1.165, 1.54) is 5.57 Å². The monoisotopic (exact) mass is 362 g/mol. The average Bonchev–Trinajstić information content (AvgIpc) is 2.75. The second kappa shape index (κ2) is 7.85. The molecule has 0 aliphatic carbocycles. The Labute approximate surface area is 165 Å². The van der Waals surface area contributed by atoms with Gasteiger partial charge in [-0.3, -0.25) is 0 Å². The topological polar surface area (TPSA) is 52.0 Å². The van der Waals surface area contributed by atoms with Gasteiger partial charge in [-0.1, -0.05) is 84.9 Å². The fourth-order valence-electron chi connectivity index (χ4n) is 3.42. The molecule has 0 bridgehead atoms. The van der Waals surface area contributed by atoms with E-state index in [2.05, 4.69) is 72.8 Å². The second-order valence-electron chi connectivity index (χ2n) is 6.73. The zero-order chi connectivity index (χ0) is 19.3. The van der Waals surface area contributed by atoms with Gasteiger partial charge in [-0.05, 0) is 57.7 Å². The molecule has 4 aromatic rings. The summed E-state index contributed by atoms with van der Waals surface area (Å²) in [6, 6.07) is 37.0. The molecular weight excluding hydrogens is 340 g/mol. The third kappa shape index (κ3) is 3.67. The fraction of sp³-hybridized carbons (Fsp3) is 0.